The van der Waals surface area contributed by atoms with Gasteiger partial charge in [-0.2, -0.15) is 0 Å². The molecular weight excluding hydrogens is 358 g/mol. The highest BCUT2D eigenvalue weighted by atomic mass is 16.5. The van der Waals surface area contributed by atoms with Crippen LogP contribution in [0.4, 0.5) is 16.2 Å². The van der Waals surface area contributed by atoms with E-state index in [0.717, 1.165) is 4.90 Å². The van der Waals surface area contributed by atoms with Crippen molar-refractivity contribution in [3.63, 3.8) is 0 Å². The first-order valence-corrected chi connectivity index (χ1v) is 9.15. The van der Waals surface area contributed by atoms with Crippen LogP contribution >= 0.6 is 0 Å². The summed E-state index contributed by atoms with van der Waals surface area (Å²) in [7, 11) is 1.58. The van der Waals surface area contributed by atoms with Gasteiger partial charge in [-0.1, -0.05) is 36.4 Å². The lowest BCUT2D eigenvalue weighted by Gasteiger charge is -2.21. The van der Waals surface area contributed by atoms with Crippen molar-refractivity contribution < 1.29 is 19.1 Å². The molecule has 0 spiro atoms. The Bertz CT molecular complexity index is 826. The van der Waals surface area contributed by atoms with Gasteiger partial charge in [-0.25, -0.2) is 9.69 Å². The number of para-hydroxylation sites is 2. The zero-order valence-corrected chi connectivity index (χ0v) is 15.7. The third-order valence-electron chi connectivity index (χ3n) is 4.52. The van der Waals surface area contributed by atoms with Gasteiger partial charge in [0.15, 0.2) is 0 Å². The third-order valence-corrected chi connectivity index (χ3v) is 4.52. The Kier molecular flexibility index (Phi) is 6.39. The molecule has 7 heteroatoms. The van der Waals surface area contributed by atoms with Gasteiger partial charge >= 0.3 is 6.03 Å². The molecule has 1 N–H and O–H groups in total. The molecule has 28 heavy (non-hydrogen) atoms. The van der Waals surface area contributed by atoms with E-state index in [1.807, 2.05) is 24.3 Å². The Hall–Kier alpha value is -3.19. The molecule has 1 aliphatic rings. The van der Waals surface area contributed by atoms with Crippen LogP contribution in [0.2, 0.25) is 0 Å². The topological polar surface area (TPSA) is 79.0 Å². The minimum atomic E-state index is -0.840. The molecule has 0 saturated carbocycles. The number of carbonyl (C=O) groups is 3. The zero-order valence-electron chi connectivity index (χ0n) is 15.7. The smallest absolute Gasteiger partial charge is 0.332 e. The maximum atomic E-state index is 13.0. The number of nitrogens with zero attached hydrogens (tertiary/aromatic N) is 2. The summed E-state index contributed by atoms with van der Waals surface area (Å²) in [5.41, 5.74) is 1.15. The summed E-state index contributed by atoms with van der Waals surface area (Å²) < 4.78 is 5.05. The molecule has 1 aliphatic heterocycles. The van der Waals surface area contributed by atoms with Gasteiger partial charge in [0, 0.05) is 25.9 Å². The number of benzene rings is 2. The van der Waals surface area contributed by atoms with Crippen LogP contribution in [0.3, 0.4) is 0 Å². The summed E-state index contributed by atoms with van der Waals surface area (Å²) in [6, 6.07) is 16.5. The lowest BCUT2D eigenvalue weighted by Crippen LogP contribution is -2.38. The number of hydrogen-bond acceptors (Lipinski definition) is 4. The maximum absolute atomic E-state index is 13.0. The van der Waals surface area contributed by atoms with Crippen LogP contribution in [0.1, 0.15) is 12.8 Å². The number of imide groups is 1. The SMILES string of the molecule is COCCCN1C(=O)N(c2ccccc2)C(=O)[C@H]1CC(=O)Nc1ccccc1. The predicted molar refractivity (Wildman–Crippen MR) is 106 cm³/mol. The summed E-state index contributed by atoms with van der Waals surface area (Å²) in [6.45, 7) is 0.803. The number of urea groups is 1. The number of methoxy groups -OCH3 is 1. The van der Waals surface area contributed by atoms with Crippen LogP contribution in [0.25, 0.3) is 0 Å². The van der Waals surface area contributed by atoms with Crippen molar-refractivity contribution in [1.29, 1.82) is 0 Å². The highest BCUT2D eigenvalue weighted by Gasteiger charge is 2.46. The highest BCUT2D eigenvalue weighted by molar-refractivity contribution is 6.22. The second-order valence-electron chi connectivity index (χ2n) is 6.47. The van der Waals surface area contributed by atoms with Gasteiger partial charge < -0.3 is 15.0 Å². The van der Waals surface area contributed by atoms with E-state index in [0.29, 0.717) is 30.9 Å². The summed E-state index contributed by atoms with van der Waals surface area (Å²) >= 11 is 0. The van der Waals surface area contributed by atoms with Gasteiger partial charge in [0.1, 0.15) is 6.04 Å². The summed E-state index contributed by atoms with van der Waals surface area (Å²) in [5.74, 6) is -0.708. The average molecular weight is 381 g/mol. The molecule has 0 aliphatic carbocycles. The van der Waals surface area contributed by atoms with Crippen molar-refractivity contribution in [2.24, 2.45) is 0 Å². The summed E-state index contributed by atoms with van der Waals surface area (Å²) in [5, 5.41) is 2.77. The van der Waals surface area contributed by atoms with Crippen molar-refractivity contribution in [2.45, 2.75) is 18.9 Å². The van der Waals surface area contributed by atoms with E-state index in [1.165, 1.54) is 4.90 Å². The molecule has 2 aromatic rings. The Morgan fingerprint density at radius 2 is 1.68 bits per heavy atom. The first kappa shape index (κ1) is 19.6. The van der Waals surface area contributed by atoms with Crippen molar-refractivity contribution in [1.82, 2.24) is 4.90 Å². The molecule has 146 valence electrons. The Labute approximate surface area is 163 Å². The summed E-state index contributed by atoms with van der Waals surface area (Å²) in [4.78, 5) is 41.0. The molecule has 7 nitrogen and oxygen atoms in total. The Morgan fingerprint density at radius 3 is 2.32 bits per heavy atom. The standard InChI is InChI=1S/C21H23N3O4/c1-28-14-8-13-23-18(15-19(25)22-16-9-4-2-5-10-16)20(26)24(21(23)27)17-11-6-3-7-12-17/h2-7,9-12,18H,8,13-15H2,1H3,(H,22,25)/t18-/m1/s1. The van der Waals surface area contributed by atoms with E-state index in [1.54, 1.807) is 43.5 Å². The monoisotopic (exact) mass is 381 g/mol. The second-order valence-corrected chi connectivity index (χ2v) is 6.47. The van der Waals surface area contributed by atoms with E-state index in [9.17, 15) is 14.4 Å². The van der Waals surface area contributed by atoms with Gasteiger partial charge in [-0.05, 0) is 30.7 Å². The van der Waals surface area contributed by atoms with Crippen molar-refractivity contribution in [3.05, 3.63) is 60.7 Å². The lowest BCUT2D eigenvalue weighted by molar-refractivity contribution is -0.124. The zero-order chi connectivity index (χ0) is 19.9. The lowest BCUT2D eigenvalue weighted by atomic mass is 10.1. The number of anilines is 2. The molecular formula is C21H23N3O4. The van der Waals surface area contributed by atoms with Gasteiger partial charge in [0.2, 0.25) is 5.91 Å². The highest BCUT2D eigenvalue weighted by Crippen LogP contribution is 2.27. The van der Waals surface area contributed by atoms with Crippen LogP contribution in [0, 0.1) is 0 Å². The fourth-order valence-corrected chi connectivity index (χ4v) is 3.19. The molecule has 1 fully saturated rings. The van der Waals surface area contributed by atoms with E-state index in [2.05, 4.69) is 5.32 Å². The molecule has 1 atom stereocenters. The number of nitrogens with one attached hydrogen (secondary N) is 1. The first-order valence-electron chi connectivity index (χ1n) is 9.15. The fraction of sp³-hybridized carbons (Fsp3) is 0.286. The minimum Gasteiger partial charge on any atom is -0.385 e. The molecule has 0 aromatic heterocycles. The van der Waals surface area contributed by atoms with Gasteiger partial charge in [-0.3, -0.25) is 9.59 Å². The van der Waals surface area contributed by atoms with Gasteiger partial charge in [0.25, 0.3) is 5.91 Å². The molecule has 3 rings (SSSR count). The van der Waals surface area contributed by atoms with E-state index >= 15 is 0 Å². The molecule has 1 saturated heterocycles. The van der Waals surface area contributed by atoms with Gasteiger partial charge in [-0.15, -0.1) is 0 Å². The van der Waals surface area contributed by atoms with E-state index in [4.69, 9.17) is 4.74 Å². The van der Waals surface area contributed by atoms with Gasteiger partial charge in [0.05, 0.1) is 12.1 Å². The van der Waals surface area contributed by atoms with Crippen molar-refractivity contribution in [2.75, 3.05) is 30.5 Å². The molecule has 1 heterocycles. The van der Waals surface area contributed by atoms with Crippen LogP contribution < -0.4 is 10.2 Å². The Morgan fingerprint density at radius 1 is 1.04 bits per heavy atom. The van der Waals surface area contributed by atoms with E-state index in [-0.39, 0.29) is 12.3 Å². The molecule has 0 radical (unpaired) electrons. The number of hydrogen-bond donors (Lipinski definition) is 1. The number of amides is 4. The molecule has 4 amide bonds. The Balaban J connectivity index is 1.78. The van der Waals surface area contributed by atoms with E-state index < -0.39 is 18.0 Å². The number of carbonyl (C=O) groups excluding carboxylic acids is 3. The largest absolute Gasteiger partial charge is 0.385 e. The predicted octanol–water partition coefficient (Wildman–Crippen LogP) is 2.89. The molecule has 0 bridgehead atoms. The number of rotatable bonds is 8. The quantitative estimate of drug-likeness (QED) is 0.563. The van der Waals surface area contributed by atoms with Crippen LogP contribution in [-0.4, -0.2) is 49.0 Å². The van der Waals surface area contributed by atoms with Crippen molar-refractivity contribution in [3.8, 4) is 0 Å². The fourth-order valence-electron chi connectivity index (χ4n) is 3.19. The normalized spacial score (nSPS) is 16.5. The first-order chi connectivity index (χ1) is 13.6. The molecule has 0 unspecified atom stereocenters. The maximum Gasteiger partial charge on any atom is 0.332 e. The average Bonchev–Trinajstić information content (AvgIpc) is 2.93. The van der Waals surface area contributed by atoms with Crippen LogP contribution in [0.15, 0.2) is 60.7 Å². The van der Waals surface area contributed by atoms with Crippen molar-refractivity contribution >= 4 is 29.2 Å². The third kappa shape index (κ3) is 4.37. The van der Waals surface area contributed by atoms with Crippen LogP contribution in [-0.2, 0) is 14.3 Å². The second kappa shape index (κ2) is 9.14. The minimum absolute atomic E-state index is 0.101. The number of ether oxygens (including phenoxy) is 1. The van der Waals surface area contributed by atoms with Crippen LogP contribution in [0.5, 0.6) is 0 Å². The molecule has 2 aromatic carbocycles. The summed E-state index contributed by atoms with van der Waals surface area (Å²) in [6.07, 6.45) is 0.477.